The van der Waals surface area contributed by atoms with Crippen molar-refractivity contribution in [1.82, 2.24) is 20.2 Å². The number of carbonyl (C=O) groups excluding carboxylic acids is 1. The van der Waals surface area contributed by atoms with E-state index in [0.717, 1.165) is 25.7 Å². The van der Waals surface area contributed by atoms with Crippen LogP contribution in [0.2, 0.25) is 0 Å². The van der Waals surface area contributed by atoms with Gasteiger partial charge in [-0.3, -0.25) is 4.79 Å². The molecule has 1 heterocycles. The lowest BCUT2D eigenvalue weighted by atomic mass is 10.2. The van der Waals surface area contributed by atoms with Crippen LogP contribution in [0.3, 0.4) is 0 Å². The second-order valence-electron chi connectivity index (χ2n) is 6.83. The van der Waals surface area contributed by atoms with Crippen LogP contribution in [0, 0.1) is 5.92 Å². The highest BCUT2D eigenvalue weighted by Crippen LogP contribution is 2.38. The van der Waals surface area contributed by atoms with Crippen LogP contribution in [0.15, 0.2) is 33.7 Å². The topological polar surface area (TPSA) is 114 Å². The number of nitrogens with one attached hydrogen (secondary N) is 2. The third-order valence-electron chi connectivity index (χ3n) is 4.49. The molecule has 0 saturated heterocycles. The molecule has 4 rings (SSSR count). The highest BCUT2D eigenvalue weighted by Gasteiger charge is 2.29. The van der Waals surface area contributed by atoms with Crippen molar-refractivity contribution >= 4 is 15.9 Å². The molecule has 26 heavy (non-hydrogen) atoms. The third-order valence-corrected chi connectivity index (χ3v) is 5.91. The van der Waals surface area contributed by atoms with Crippen molar-refractivity contribution in [3.63, 3.8) is 0 Å². The Kier molecular flexibility index (Phi) is 4.49. The van der Waals surface area contributed by atoms with E-state index in [1.165, 1.54) is 12.1 Å². The number of hydrogen-bond donors (Lipinski definition) is 2. The number of aromatic nitrogens is 2. The lowest BCUT2D eigenvalue weighted by molar-refractivity contribution is 0.0946. The van der Waals surface area contributed by atoms with Crippen LogP contribution in [0.4, 0.5) is 0 Å². The van der Waals surface area contributed by atoms with Crippen LogP contribution >= 0.6 is 0 Å². The van der Waals surface area contributed by atoms with E-state index in [4.69, 9.17) is 4.52 Å². The fraction of sp³-hybridized carbons (Fsp3) is 0.471. The Morgan fingerprint density at radius 3 is 2.77 bits per heavy atom. The van der Waals surface area contributed by atoms with Crippen molar-refractivity contribution in [3.05, 3.63) is 41.5 Å². The average Bonchev–Trinajstić information content (AvgIpc) is 3.57. The van der Waals surface area contributed by atoms with Gasteiger partial charge in [0.05, 0.1) is 11.4 Å². The summed E-state index contributed by atoms with van der Waals surface area (Å²) in [5.41, 5.74) is 0.265. The van der Waals surface area contributed by atoms with Gasteiger partial charge in [-0.15, -0.1) is 0 Å². The molecule has 0 atom stereocenters. The van der Waals surface area contributed by atoms with Gasteiger partial charge in [0.15, 0.2) is 5.82 Å². The molecule has 0 spiro atoms. The van der Waals surface area contributed by atoms with Crippen LogP contribution in [0.1, 0.15) is 53.7 Å². The first kappa shape index (κ1) is 17.2. The molecule has 2 aliphatic rings. The van der Waals surface area contributed by atoms with E-state index in [0.29, 0.717) is 30.1 Å². The maximum atomic E-state index is 12.3. The van der Waals surface area contributed by atoms with Gasteiger partial charge in [-0.25, -0.2) is 13.1 Å². The molecule has 2 aromatic rings. The number of benzene rings is 1. The molecular weight excluding hydrogens is 356 g/mol. The highest BCUT2D eigenvalue weighted by atomic mass is 32.2. The maximum absolute atomic E-state index is 12.3. The SMILES string of the molecule is O=C(NCc1nc(C2CC2)no1)c1cccc(S(=O)(=O)NCC2CC2)c1. The molecule has 1 aromatic heterocycles. The van der Waals surface area contributed by atoms with Crippen LogP contribution in [-0.2, 0) is 16.6 Å². The molecule has 1 aromatic carbocycles. The van der Waals surface area contributed by atoms with Crippen molar-refractivity contribution in [2.24, 2.45) is 5.92 Å². The van der Waals surface area contributed by atoms with Gasteiger partial charge in [-0.05, 0) is 49.8 Å². The van der Waals surface area contributed by atoms with Crippen molar-refractivity contribution < 1.29 is 17.7 Å². The Bertz CT molecular complexity index is 916. The zero-order valence-electron chi connectivity index (χ0n) is 14.1. The summed E-state index contributed by atoms with van der Waals surface area (Å²) < 4.78 is 32.3. The van der Waals surface area contributed by atoms with Crippen molar-refractivity contribution in [1.29, 1.82) is 0 Å². The summed E-state index contributed by atoms with van der Waals surface area (Å²) in [4.78, 5) is 16.6. The number of amides is 1. The number of carbonyl (C=O) groups is 1. The predicted molar refractivity (Wildman–Crippen MR) is 91.8 cm³/mol. The molecule has 8 nitrogen and oxygen atoms in total. The summed E-state index contributed by atoms with van der Waals surface area (Å²) >= 11 is 0. The summed E-state index contributed by atoms with van der Waals surface area (Å²) in [7, 11) is -3.61. The molecule has 2 aliphatic carbocycles. The molecule has 2 N–H and O–H groups in total. The van der Waals surface area contributed by atoms with E-state index < -0.39 is 15.9 Å². The fourth-order valence-electron chi connectivity index (χ4n) is 2.54. The second-order valence-corrected chi connectivity index (χ2v) is 8.59. The van der Waals surface area contributed by atoms with Crippen molar-refractivity contribution in [2.45, 2.75) is 43.0 Å². The number of rotatable bonds is 8. The molecule has 2 fully saturated rings. The van der Waals surface area contributed by atoms with Crippen LogP contribution < -0.4 is 10.0 Å². The largest absolute Gasteiger partial charge is 0.343 e. The molecule has 0 radical (unpaired) electrons. The molecule has 138 valence electrons. The van der Waals surface area contributed by atoms with E-state index in [1.807, 2.05) is 0 Å². The van der Waals surface area contributed by atoms with Crippen molar-refractivity contribution in [2.75, 3.05) is 6.54 Å². The van der Waals surface area contributed by atoms with Gasteiger partial charge in [-0.1, -0.05) is 11.2 Å². The zero-order valence-corrected chi connectivity index (χ0v) is 15.0. The minimum atomic E-state index is -3.61. The van der Waals surface area contributed by atoms with Crippen LogP contribution in [0.5, 0.6) is 0 Å². The molecule has 9 heteroatoms. The summed E-state index contributed by atoms with van der Waals surface area (Å²) in [6.07, 6.45) is 4.26. The minimum Gasteiger partial charge on any atom is -0.343 e. The summed E-state index contributed by atoms with van der Waals surface area (Å²) in [6, 6.07) is 5.97. The third kappa shape index (κ3) is 4.10. The molecular formula is C17H20N4O4S. The van der Waals surface area contributed by atoms with Gasteiger partial charge < -0.3 is 9.84 Å². The maximum Gasteiger partial charge on any atom is 0.251 e. The second kappa shape index (κ2) is 6.81. The van der Waals surface area contributed by atoms with Crippen LogP contribution in [0.25, 0.3) is 0 Å². The monoisotopic (exact) mass is 376 g/mol. The molecule has 1 amide bonds. The predicted octanol–water partition coefficient (Wildman–Crippen LogP) is 1.57. The lowest BCUT2D eigenvalue weighted by Gasteiger charge is -2.08. The summed E-state index contributed by atoms with van der Waals surface area (Å²) in [6.45, 7) is 0.550. The molecule has 0 unspecified atom stereocenters. The van der Waals surface area contributed by atoms with E-state index in [-0.39, 0.29) is 17.0 Å². The average molecular weight is 376 g/mol. The Labute approximate surface area is 151 Å². The quantitative estimate of drug-likeness (QED) is 0.723. The zero-order chi connectivity index (χ0) is 18.1. The number of sulfonamides is 1. The Hall–Kier alpha value is -2.26. The fourth-order valence-corrected chi connectivity index (χ4v) is 3.70. The molecule has 0 bridgehead atoms. The molecule has 2 saturated carbocycles. The molecule has 0 aliphatic heterocycles. The van der Waals surface area contributed by atoms with Gasteiger partial charge >= 0.3 is 0 Å². The first-order valence-corrected chi connectivity index (χ1v) is 10.2. The lowest BCUT2D eigenvalue weighted by Crippen LogP contribution is -2.27. The smallest absolute Gasteiger partial charge is 0.251 e. The standard InChI is InChI=1S/C17H20N4O4S/c22-17(18-10-15-20-16(21-25-15)12-6-7-12)13-2-1-3-14(8-13)26(23,24)19-9-11-4-5-11/h1-3,8,11-12,19H,4-7,9-10H2,(H,18,22). The van der Waals surface area contributed by atoms with Crippen LogP contribution in [-0.4, -0.2) is 31.0 Å². The van der Waals surface area contributed by atoms with Gasteiger partial charge in [0.2, 0.25) is 15.9 Å². The van der Waals surface area contributed by atoms with E-state index in [2.05, 4.69) is 20.2 Å². The minimum absolute atomic E-state index is 0.0830. The summed E-state index contributed by atoms with van der Waals surface area (Å²) in [5, 5.41) is 6.57. The Morgan fingerprint density at radius 2 is 2.04 bits per heavy atom. The van der Waals surface area contributed by atoms with E-state index in [1.54, 1.807) is 12.1 Å². The first-order chi connectivity index (χ1) is 12.5. The van der Waals surface area contributed by atoms with Crippen molar-refractivity contribution in [3.8, 4) is 0 Å². The van der Waals surface area contributed by atoms with E-state index >= 15 is 0 Å². The van der Waals surface area contributed by atoms with Gasteiger partial charge in [0.25, 0.3) is 5.91 Å². The normalized spacial score (nSPS) is 17.2. The number of nitrogens with zero attached hydrogens (tertiary/aromatic N) is 2. The van der Waals surface area contributed by atoms with E-state index in [9.17, 15) is 13.2 Å². The van der Waals surface area contributed by atoms with Gasteiger partial charge in [-0.2, -0.15) is 4.98 Å². The highest BCUT2D eigenvalue weighted by molar-refractivity contribution is 7.89. The Morgan fingerprint density at radius 1 is 1.23 bits per heavy atom. The first-order valence-electron chi connectivity index (χ1n) is 8.72. The Balaban J connectivity index is 1.38. The van der Waals surface area contributed by atoms with Gasteiger partial charge in [0, 0.05) is 18.0 Å². The number of hydrogen-bond acceptors (Lipinski definition) is 6. The summed E-state index contributed by atoms with van der Waals surface area (Å²) in [5.74, 6) is 1.45. The van der Waals surface area contributed by atoms with Gasteiger partial charge in [0.1, 0.15) is 0 Å².